The van der Waals surface area contributed by atoms with Gasteiger partial charge in [-0.3, -0.25) is 9.59 Å². The van der Waals surface area contributed by atoms with Crippen LogP contribution in [0.25, 0.3) is 10.9 Å². The van der Waals surface area contributed by atoms with Crippen molar-refractivity contribution in [2.45, 2.75) is 19.1 Å². The number of amides is 1. The molecule has 0 saturated carbocycles. The van der Waals surface area contributed by atoms with E-state index in [9.17, 15) is 19.8 Å². The summed E-state index contributed by atoms with van der Waals surface area (Å²) in [7, 11) is 0. The lowest BCUT2D eigenvalue weighted by Gasteiger charge is -2.19. The molecule has 0 aliphatic heterocycles. The number of aliphatic hydroxyl groups excluding tert-OH is 2. The highest BCUT2D eigenvalue weighted by Gasteiger charge is 2.21. The molecule has 20 heavy (non-hydrogen) atoms. The number of carbonyl (C=O) groups excluding carboxylic acids is 1. The first-order valence-electron chi connectivity index (χ1n) is 6.21. The zero-order chi connectivity index (χ0) is 14.7. The van der Waals surface area contributed by atoms with E-state index in [0.29, 0.717) is 16.5 Å². The number of benzene rings is 1. The Balaban J connectivity index is 2.35. The van der Waals surface area contributed by atoms with Gasteiger partial charge in [0.05, 0.1) is 5.52 Å². The number of H-pyrrole nitrogens is 1. The van der Waals surface area contributed by atoms with E-state index in [1.165, 1.54) is 19.2 Å². The normalized spacial score (nSPS) is 13.9. The number of aromatic nitrogens is 1. The number of hydrogen-bond acceptors (Lipinski definition) is 4. The summed E-state index contributed by atoms with van der Waals surface area (Å²) in [4.78, 5) is 25.4. The maximum Gasteiger partial charge on any atom is 0.216 e. The fourth-order valence-corrected chi connectivity index (χ4v) is 2.04. The molecule has 0 radical (unpaired) electrons. The third-order valence-corrected chi connectivity index (χ3v) is 3.07. The van der Waals surface area contributed by atoms with Gasteiger partial charge in [0.2, 0.25) is 5.91 Å². The van der Waals surface area contributed by atoms with Crippen molar-refractivity contribution in [3.05, 3.63) is 46.2 Å². The third kappa shape index (κ3) is 2.87. The molecular formula is C14H16N2O4. The molecule has 2 aromatic rings. The Labute approximate surface area is 115 Å². The third-order valence-electron chi connectivity index (χ3n) is 3.07. The van der Waals surface area contributed by atoms with E-state index in [0.717, 1.165) is 0 Å². The van der Waals surface area contributed by atoms with Crippen LogP contribution in [0.2, 0.25) is 0 Å². The van der Waals surface area contributed by atoms with Gasteiger partial charge >= 0.3 is 0 Å². The van der Waals surface area contributed by atoms with Gasteiger partial charge in [0.25, 0.3) is 0 Å². The predicted octanol–water partition coefficient (Wildman–Crippen LogP) is 0.0585. The van der Waals surface area contributed by atoms with Crippen molar-refractivity contribution < 1.29 is 15.0 Å². The first-order chi connectivity index (χ1) is 9.50. The van der Waals surface area contributed by atoms with E-state index in [1.54, 1.807) is 18.2 Å². The molecule has 0 saturated heterocycles. The van der Waals surface area contributed by atoms with Gasteiger partial charge < -0.3 is 20.5 Å². The molecular weight excluding hydrogens is 260 g/mol. The average molecular weight is 276 g/mol. The number of aliphatic hydroxyl groups is 2. The summed E-state index contributed by atoms with van der Waals surface area (Å²) < 4.78 is 0. The smallest absolute Gasteiger partial charge is 0.216 e. The Bertz CT molecular complexity index is 680. The summed E-state index contributed by atoms with van der Waals surface area (Å²) in [6.07, 6.45) is -0.877. The van der Waals surface area contributed by atoms with E-state index >= 15 is 0 Å². The molecule has 4 N–H and O–H groups in total. The molecule has 6 heteroatoms. The maximum atomic E-state index is 11.7. The van der Waals surface area contributed by atoms with Gasteiger partial charge in [0, 0.05) is 36.7 Å². The SMILES string of the molecule is CC(=O)NCC(O)C(O)c1cccc2c(=O)cc[nH]c12. The highest BCUT2D eigenvalue weighted by molar-refractivity contribution is 5.81. The fourth-order valence-electron chi connectivity index (χ4n) is 2.04. The van der Waals surface area contributed by atoms with Gasteiger partial charge in [-0.25, -0.2) is 0 Å². The second-order valence-electron chi connectivity index (χ2n) is 4.56. The van der Waals surface area contributed by atoms with Crippen LogP contribution in [0.15, 0.2) is 35.3 Å². The highest BCUT2D eigenvalue weighted by Crippen LogP contribution is 2.23. The lowest BCUT2D eigenvalue weighted by molar-refractivity contribution is -0.119. The van der Waals surface area contributed by atoms with Crippen molar-refractivity contribution >= 4 is 16.8 Å². The molecule has 6 nitrogen and oxygen atoms in total. The zero-order valence-corrected chi connectivity index (χ0v) is 11.0. The van der Waals surface area contributed by atoms with Crippen LogP contribution in [0, 0.1) is 0 Å². The Morgan fingerprint density at radius 1 is 1.35 bits per heavy atom. The van der Waals surface area contributed by atoms with Crippen LogP contribution in [0.3, 0.4) is 0 Å². The molecule has 0 bridgehead atoms. The summed E-state index contributed by atoms with van der Waals surface area (Å²) >= 11 is 0. The predicted molar refractivity (Wildman–Crippen MR) is 74.2 cm³/mol. The minimum absolute atomic E-state index is 0.0655. The molecule has 1 heterocycles. The largest absolute Gasteiger partial charge is 0.388 e. The first-order valence-corrected chi connectivity index (χ1v) is 6.21. The van der Waals surface area contributed by atoms with Gasteiger partial charge in [-0.1, -0.05) is 12.1 Å². The molecule has 106 valence electrons. The van der Waals surface area contributed by atoms with Crippen LogP contribution >= 0.6 is 0 Å². The van der Waals surface area contributed by atoms with E-state index in [2.05, 4.69) is 10.3 Å². The summed E-state index contributed by atoms with van der Waals surface area (Å²) in [6.45, 7) is 1.26. The van der Waals surface area contributed by atoms with Crippen LogP contribution in [0.1, 0.15) is 18.6 Å². The van der Waals surface area contributed by atoms with E-state index in [1.807, 2.05) is 0 Å². The standard InChI is InChI=1S/C14H16N2O4/c1-8(17)16-7-12(19)14(20)10-4-2-3-9-11(18)5-6-15-13(9)10/h2-6,12,14,19-20H,7H2,1H3,(H,15,18)(H,16,17). The average Bonchev–Trinajstić information content (AvgIpc) is 2.44. The maximum absolute atomic E-state index is 11.7. The Morgan fingerprint density at radius 3 is 2.80 bits per heavy atom. The van der Waals surface area contributed by atoms with Crippen molar-refractivity contribution in [1.29, 1.82) is 0 Å². The Kier molecular flexibility index (Phi) is 4.16. The Morgan fingerprint density at radius 2 is 2.10 bits per heavy atom. The van der Waals surface area contributed by atoms with Crippen LogP contribution in [-0.4, -0.2) is 33.8 Å². The molecule has 2 atom stereocenters. The van der Waals surface area contributed by atoms with E-state index < -0.39 is 12.2 Å². The topological polar surface area (TPSA) is 102 Å². The van der Waals surface area contributed by atoms with E-state index in [4.69, 9.17) is 0 Å². The number of pyridine rings is 1. The van der Waals surface area contributed by atoms with Gasteiger partial charge in [0.1, 0.15) is 12.2 Å². The van der Waals surface area contributed by atoms with Crippen molar-refractivity contribution in [3.8, 4) is 0 Å². The molecule has 1 aromatic carbocycles. The van der Waals surface area contributed by atoms with Crippen LogP contribution in [0.5, 0.6) is 0 Å². The second kappa shape index (κ2) is 5.85. The van der Waals surface area contributed by atoms with Crippen molar-refractivity contribution in [2.24, 2.45) is 0 Å². The number of fused-ring (bicyclic) bond motifs is 1. The molecule has 0 spiro atoms. The van der Waals surface area contributed by atoms with E-state index in [-0.39, 0.29) is 17.9 Å². The zero-order valence-electron chi connectivity index (χ0n) is 11.0. The summed E-state index contributed by atoms with van der Waals surface area (Å²) in [5.74, 6) is -0.289. The minimum atomic E-state index is -1.21. The van der Waals surface area contributed by atoms with Gasteiger partial charge in [0.15, 0.2) is 5.43 Å². The van der Waals surface area contributed by atoms with Gasteiger partial charge in [-0.2, -0.15) is 0 Å². The number of rotatable bonds is 4. The lowest BCUT2D eigenvalue weighted by Crippen LogP contribution is -2.34. The van der Waals surface area contributed by atoms with Crippen LogP contribution < -0.4 is 10.7 Å². The second-order valence-corrected chi connectivity index (χ2v) is 4.56. The van der Waals surface area contributed by atoms with Crippen molar-refractivity contribution in [1.82, 2.24) is 10.3 Å². The van der Waals surface area contributed by atoms with Gasteiger partial charge in [-0.15, -0.1) is 0 Å². The van der Waals surface area contributed by atoms with Crippen molar-refractivity contribution in [2.75, 3.05) is 6.54 Å². The quantitative estimate of drug-likeness (QED) is 0.634. The molecule has 0 fully saturated rings. The van der Waals surface area contributed by atoms with Crippen LogP contribution in [-0.2, 0) is 4.79 Å². The van der Waals surface area contributed by atoms with Crippen LogP contribution in [0.4, 0.5) is 0 Å². The molecule has 2 rings (SSSR count). The number of aromatic amines is 1. The molecule has 1 amide bonds. The lowest BCUT2D eigenvalue weighted by atomic mass is 10.0. The monoisotopic (exact) mass is 276 g/mol. The molecule has 0 aliphatic carbocycles. The highest BCUT2D eigenvalue weighted by atomic mass is 16.3. The molecule has 1 aromatic heterocycles. The fraction of sp³-hybridized carbons (Fsp3) is 0.286. The van der Waals surface area contributed by atoms with Crippen molar-refractivity contribution in [3.63, 3.8) is 0 Å². The molecule has 0 aliphatic rings. The summed E-state index contributed by atoms with van der Waals surface area (Å²) in [5, 5.41) is 22.9. The van der Waals surface area contributed by atoms with Gasteiger partial charge in [-0.05, 0) is 6.07 Å². The number of hydrogen-bond donors (Lipinski definition) is 4. The number of carbonyl (C=O) groups is 1. The summed E-state index contributed by atoms with van der Waals surface area (Å²) in [6, 6.07) is 6.30. The Hall–Kier alpha value is -2.18. The number of para-hydroxylation sites is 1. The number of nitrogens with one attached hydrogen (secondary N) is 2. The first kappa shape index (κ1) is 14.2. The summed E-state index contributed by atoms with van der Waals surface area (Å²) in [5.41, 5.74) is 0.733. The minimum Gasteiger partial charge on any atom is -0.388 e. The molecule has 2 unspecified atom stereocenters.